The smallest absolute Gasteiger partial charge is 0.253 e. The van der Waals surface area contributed by atoms with Gasteiger partial charge in [0, 0.05) is 70.2 Å². The Morgan fingerprint density at radius 2 is 1.48 bits per heavy atom. The Kier molecular flexibility index (Phi) is 11.0. The van der Waals surface area contributed by atoms with E-state index in [4.69, 9.17) is 9.47 Å². The number of aliphatic hydroxyl groups excluding tert-OH is 1. The fourth-order valence-electron chi connectivity index (χ4n) is 6.80. The molecule has 0 unspecified atom stereocenters. The molecule has 3 atom stereocenters. The molecule has 1 aromatic heterocycles. The summed E-state index contributed by atoms with van der Waals surface area (Å²) in [6.45, 7) is 6.32. The Balaban J connectivity index is 1.04. The number of carbonyl (C=O) groups excluding carboxylic acids is 1. The molecule has 8 nitrogen and oxygen atoms in total. The van der Waals surface area contributed by atoms with Gasteiger partial charge in [-0.2, -0.15) is 0 Å². The van der Waals surface area contributed by atoms with Crippen molar-refractivity contribution in [2.45, 2.75) is 44.6 Å². The summed E-state index contributed by atoms with van der Waals surface area (Å²) < 4.78 is 13.4. The zero-order valence-electron chi connectivity index (χ0n) is 28.2. The van der Waals surface area contributed by atoms with Crippen LogP contribution in [0.5, 0.6) is 0 Å². The summed E-state index contributed by atoms with van der Waals surface area (Å²) in [5, 5.41) is 12.6. The molecular weight excluding hydrogens is 624 g/mol. The van der Waals surface area contributed by atoms with Gasteiger partial charge in [0.05, 0.1) is 24.4 Å². The van der Waals surface area contributed by atoms with Crippen molar-refractivity contribution in [3.8, 4) is 11.1 Å². The molecule has 8 heteroatoms. The number of nitrogens with one attached hydrogen (secondary N) is 1. The van der Waals surface area contributed by atoms with E-state index >= 15 is 0 Å². The minimum absolute atomic E-state index is 0.00708. The van der Waals surface area contributed by atoms with E-state index in [-0.39, 0.29) is 24.7 Å². The average molecular weight is 669 g/mol. The molecule has 5 aromatic rings. The topological polar surface area (TPSA) is 87.2 Å². The van der Waals surface area contributed by atoms with E-state index < -0.39 is 6.29 Å². The largest absolute Gasteiger partial charge is 0.392 e. The lowest BCUT2D eigenvalue weighted by Gasteiger charge is -2.41. The van der Waals surface area contributed by atoms with Gasteiger partial charge in [0.15, 0.2) is 6.29 Å². The zero-order chi connectivity index (χ0) is 34.1. The van der Waals surface area contributed by atoms with E-state index in [0.29, 0.717) is 12.1 Å². The SMILES string of the molecule is O=C(NCc1cccc(-c2cccc([C@H]3O[C@@H](CN4CCN(Cc5ccccc5)CC4)C[C@@H](c4ccc(CO)cc4)O3)c2)c1)c1cccnc1. The Labute approximate surface area is 294 Å². The molecule has 0 saturated carbocycles. The number of hydrogen-bond acceptors (Lipinski definition) is 7. The quantitative estimate of drug-likeness (QED) is 0.166. The number of benzene rings is 4. The van der Waals surface area contributed by atoms with Crippen molar-refractivity contribution in [1.29, 1.82) is 0 Å². The van der Waals surface area contributed by atoms with Gasteiger partial charge in [0.1, 0.15) is 0 Å². The second-order valence-corrected chi connectivity index (χ2v) is 13.2. The van der Waals surface area contributed by atoms with Gasteiger partial charge in [-0.1, -0.05) is 91.0 Å². The monoisotopic (exact) mass is 668 g/mol. The number of aromatic nitrogens is 1. The molecule has 1 amide bonds. The molecule has 2 fully saturated rings. The van der Waals surface area contributed by atoms with E-state index in [1.54, 1.807) is 24.5 Å². The fourth-order valence-corrected chi connectivity index (χ4v) is 6.80. The van der Waals surface area contributed by atoms with Crippen LogP contribution >= 0.6 is 0 Å². The number of nitrogens with zero attached hydrogens (tertiary/aromatic N) is 3. The lowest BCUT2D eigenvalue weighted by atomic mass is 9.98. The van der Waals surface area contributed by atoms with Crippen LogP contribution in [0.2, 0.25) is 0 Å². The van der Waals surface area contributed by atoms with Crippen molar-refractivity contribution in [1.82, 2.24) is 20.1 Å². The van der Waals surface area contributed by atoms with Crippen LogP contribution < -0.4 is 5.32 Å². The predicted molar refractivity (Wildman–Crippen MR) is 194 cm³/mol. The van der Waals surface area contributed by atoms with Gasteiger partial charge in [0.2, 0.25) is 0 Å². The van der Waals surface area contributed by atoms with Gasteiger partial charge in [-0.3, -0.25) is 19.6 Å². The predicted octanol–water partition coefficient (Wildman–Crippen LogP) is 6.53. The van der Waals surface area contributed by atoms with Gasteiger partial charge >= 0.3 is 0 Å². The number of ether oxygens (including phenoxy) is 2. The number of carbonyl (C=O) groups is 1. The van der Waals surface area contributed by atoms with E-state index in [1.165, 1.54) is 5.56 Å². The molecule has 4 aromatic carbocycles. The highest BCUT2D eigenvalue weighted by Crippen LogP contribution is 2.39. The van der Waals surface area contributed by atoms with E-state index in [0.717, 1.165) is 79.1 Å². The maximum atomic E-state index is 12.6. The summed E-state index contributed by atoms with van der Waals surface area (Å²) in [5.74, 6) is -0.152. The van der Waals surface area contributed by atoms with Crippen molar-refractivity contribution in [2.75, 3.05) is 32.7 Å². The minimum Gasteiger partial charge on any atom is -0.392 e. The Bertz CT molecular complexity index is 1830. The van der Waals surface area contributed by atoms with Gasteiger partial charge in [-0.25, -0.2) is 0 Å². The van der Waals surface area contributed by atoms with Crippen LogP contribution in [0.4, 0.5) is 0 Å². The van der Waals surface area contributed by atoms with Crippen molar-refractivity contribution in [3.63, 3.8) is 0 Å². The zero-order valence-corrected chi connectivity index (χ0v) is 28.2. The number of rotatable bonds is 11. The summed E-state index contributed by atoms with van der Waals surface area (Å²) in [7, 11) is 0. The van der Waals surface area contributed by atoms with Crippen LogP contribution in [0.1, 0.15) is 57.0 Å². The van der Waals surface area contributed by atoms with Crippen LogP contribution in [0, 0.1) is 0 Å². The summed E-state index contributed by atoms with van der Waals surface area (Å²) in [5.41, 5.74) is 7.94. The standard InChI is InChI=1S/C42H44N4O4/c47-30-32-14-16-34(17-15-32)40-25-39(29-46-21-19-45(20-22-46)28-31-7-2-1-3-8-31)49-42(50-40)37-12-5-11-36(24-37)35-10-4-9-33(23-35)26-44-41(48)38-13-6-18-43-27-38/h1-18,23-24,27,39-40,42,47H,19-22,25-26,28-30H2,(H,44,48)/t39-,40+,42+/m1/s1. The number of pyridine rings is 1. The molecule has 0 aliphatic carbocycles. The first-order valence-corrected chi connectivity index (χ1v) is 17.5. The second-order valence-electron chi connectivity index (χ2n) is 13.2. The summed E-state index contributed by atoms with van der Waals surface area (Å²) in [4.78, 5) is 21.7. The van der Waals surface area contributed by atoms with E-state index in [1.807, 2.05) is 24.3 Å². The first-order valence-electron chi connectivity index (χ1n) is 17.5. The normalized spacial score (nSPS) is 20.0. The Hall–Kier alpha value is -4.70. The second kappa shape index (κ2) is 16.3. The van der Waals surface area contributed by atoms with Crippen molar-refractivity contribution in [3.05, 3.63) is 161 Å². The molecule has 2 saturated heterocycles. The van der Waals surface area contributed by atoms with Crippen molar-refractivity contribution in [2.24, 2.45) is 0 Å². The minimum atomic E-state index is -0.530. The van der Waals surface area contributed by atoms with Gasteiger partial charge in [-0.15, -0.1) is 0 Å². The molecule has 7 rings (SSSR count). The molecule has 0 radical (unpaired) electrons. The maximum absolute atomic E-state index is 12.6. The van der Waals surface area contributed by atoms with Crippen molar-refractivity contribution >= 4 is 5.91 Å². The molecule has 256 valence electrons. The molecular formula is C42H44N4O4. The molecule has 3 heterocycles. The van der Waals surface area contributed by atoms with Crippen LogP contribution in [0.15, 0.2) is 128 Å². The van der Waals surface area contributed by atoms with Crippen molar-refractivity contribution < 1.29 is 19.4 Å². The highest BCUT2D eigenvalue weighted by atomic mass is 16.7. The highest BCUT2D eigenvalue weighted by molar-refractivity contribution is 5.93. The third-order valence-corrected chi connectivity index (χ3v) is 9.59. The van der Waals surface area contributed by atoms with Crippen LogP contribution in [0.25, 0.3) is 11.1 Å². The van der Waals surface area contributed by atoms with Crippen LogP contribution in [-0.2, 0) is 29.2 Å². The molecule has 2 aliphatic rings. The summed E-state index contributed by atoms with van der Waals surface area (Å²) in [6, 6.07) is 38.9. The molecule has 2 N–H and O–H groups in total. The first-order chi connectivity index (χ1) is 24.6. The Morgan fingerprint density at radius 1 is 0.740 bits per heavy atom. The number of amides is 1. The Morgan fingerprint density at radius 3 is 2.24 bits per heavy atom. The van der Waals surface area contributed by atoms with Gasteiger partial charge < -0.3 is 19.9 Å². The third-order valence-electron chi connectivity index (χ3n) is 9.59. The summed E-state index contributed by atoms with van der Waals surface area (Å²) >= 11 is 0. The number of piperazine rings is 1. The summed E-state index contributed by atoms with van der Waals surface area (Å²) in [6.07, 6.45) is 3.30. The lowest BCUT2D eigenvalue weighted by Crippen LogP contribution is -2.49. The highest BCUT2D eigenvalue weighted by Gasteiger charge is 2.34. The van der Waals surface area contributed by atoms with E-state index in [2.05, 4.69) is 99.0 Å². The number of hydrogen-bond donors (Lipinski definition) is 2. The van der Waals surface area contributed by atoms with Crippen LogP contribution in [-0.4, -0.2) is 64.6 Å². The maximum Gasteiger partial charge on any atom is 0.253 e. The molecule has 0 spiro atoms. The number of aliphatic hydroxyl groups is 1. The molecule has 0 bridgehead atoms. The first kappa shape index (κ1) is 33.8. The van der Waals surface area contributed by atoms with Gasteiger partial charge in [-0.05, 0) is 57.6 Å². The van der Waals surface area contributed by atoms with E-state index in [9.17, 15) is 9.90 Å². The molecule has 2 aliphatic heterocycles. The average Bonchev–Trinajstić information content (AvgIpc) is 3.18. The molecule has 50 heavy (non-hydrogen) atoms. The van der Waals surface area contributed by atoms with Crippen LogP contribution in [0.3, 0.4) is 0 Å². The third kappa shape index (κ3) is 8.71. The fraction of sp³-hybridized carbons (Fsp3) is 0.286. The van der Waals surface area contributed by atoms with Gasteiger partial charge in [0.25, 0.3) is 5.91 Å². The lowest BCUT2D eigenvalue weighted by molar-refractivity contribution is -0.253.